The summed E-state index contributed by atoms with van der Waals surface area (Å²) in [6.07, 6.45) is 5.90. The third-order valence-corrected chi connectivity index (χ3v) is 4.64. The molecule has 1 fully saturated rings. The van der Waals surface area contributed by atoms with Crippen LogP contribution in [0.4, 0.5) is 15.9 Å². The number of hydrogen-bond donors (Lipinski definition) is 1. The molecule has 1 aliphatic heterocycles. The number of pyridine rings is 2. The van der Waals surface area contributed by atoms with Crippen LogP contribution in [0, 0.1) is 11.9 Å². The van der Waals surface area contributed by atoms with Gasteiger partial charge in [-0.15, -0.1) is 10.2 Å². The molecular formula is C19H17FN6O. The van der Waals surface area contributed by atoms with Gasteiger partial charge in [0.2, 0.25) is 11.9 Å². The fourth-order valence-corrected chi connectivity index (χ4v) is 3.22. The molecule has 0 saturated carbocycles. The van der Waals surface area contributed by atoms with Crippen LogP contribution in [0.15, 0.2) is 48.9 Å². The summed E-state index contributed by atoms with van der Waals surface area (Å²) in [7, 11) is 0. The van der Waals surface area contributed by atoms with E-state index in [9.17, 15) is 9.18 Å². The minimum Gasteiger partial charge on any atom is -0.397 e. The molecule has 0 radical (unpaired) electrons. The predicted octanol–water partition coefficient (Wildman–Crippen LogP) is 2.25. The van der Waals surface area contributed by atoms with E-state index in [4.69, 9.17) is 5.73 Å². The SMILES string of the molecule is Nc1cnccc1-c1ccc(N2CC[C@@H](Cc3ccc(F)nc3)C2=O)nn1. The molecule has 7 nitrogen and oxygen atoms in total. The van der Waals surface area contributed by atoms with Gasteiger partial charge in [0.25, 0.3) is 0 Å². The first-order valence-corrected chi connectivity index (χ1v) is 8.57. The highest BCUT2D eigenvalue weighted by atomic mass is 19.1. The summed E-state index contributed by atoms with van der Waals surface area (Å²) in [5.74, 6) is -0.196. The molecule has 8 heteroatoms. The number of nitrogens with two attached hydrogens (primary N) is 1. The normalized spacial score (nSPS) is 16.7. The van der Waals surface area contributed by atoms with E-state index in [0.717, 1.165) is 11.1 Å². The van der Waals surface area contributed by atoms with E-state index in [2.05, 4.69) is 20.2 Å². The van der Waals surface area contributed by atoms with Gasteiger partial charge in [-0.1, -0.05) is 6.07 Å². The Bertz CT molecular complexity index is 961. The molecular weight excluding hydrogens is 347 g/mol. The maximum absolute atomic E-state index is 12.9. The lowest BCUT2D eigenvalue weighted by atomic mass is 9.99. The number of hydrogen-bond acceptors (Lipinski definition) is 6. The second-order valence-electron chi connectivity index (χ2n) is 6.41. The second-order valence-corrected chi connectivity index (χ2v) is 6.41. The standard InChI is InChI=1S/C19H17FN6O/c20-17-3-1-12(10-23-17)9-13-6-8-26(19(13)27)18-4-2-16(24-25-18)14-5-7-22-11-15(14)21/h1-5,7,10-11,13H,6,8-9,21H2/t13-/m0/s1. The van der Waals surface area contributed by atoms with Crippen molar-refractivity contribution in [2.45, 2.75) is 12.8 Å². The minimum atomic E-state index is -0.525. The highest BCUT2D eigenvalue weighted by Gasteiger charge is 2.33. The third kappa shape index (κ3) is 3.46. The number of aromatic nitrogens is 4. The van der Waals surface area contributed by atoms with Crippen LogP contribution >= 0.6 is 0 Å². The molecule has 0 aromatic carbocycles. The van der Waals surface area contributed by atoms with E-state index >= 15 is 0 Å². The average Bonchev–Trinajstić information content (AvgIpc) is 3.05. The monoisotopic (exact) mass is 364 g/mol. The lowest BCUT2D eigenvalue weighted by Crippen LogP contribution is -2.28. The van der Waals surface area contributed by atoms with Crippen molar-refractivity contribution in [2.75, 3.05) is 17.2 Å². The molecule has 1 saturated heterocycles. The molecule has 0 unspecified atom stereocenters. The highest BCUT2D eigenvalue weighted by Crippen LogP contribution is 2.28. The highest BCUT2D eigenvalue weighted by molar-refractivity contribution is 5.96. The molecule has 0 bridgehead atoms. The Morgan fingerprint density at radius 3 is 2.74 bits per heavy atom. The quantitative estimate of drug-likeness (QED) is 0.713. The number of nitrogen functional groups attached to an aromatic ring is 1. The zero-order valence-electron chi connectivity index (χ0n) is 14.4. The van der Waals surface area contributed by atoms with Crippen LogP contribution in [0.3, 0.4) is 0 Å². The van der Waals surface area contributed by atoms with Gasteiger partial charge in [0.1, 0.15) is 0 Å². The van der Waals surface area contributed by atoms with Gasteiger partial charge in [0.15, 0.2) is 5.82 Å². The van der Waals surface area contributed by atoms with Crippen molar-refractivity contribution in [3.8, 4) is 11.3 Å². The zero-order valence-corrected chi connectivity index (χ0v) is 14.4. The number of amides is 1. The van der Waals surface area contributed by atoms with Crippen LogP contribution in [0.1, 0.15) is 12.0 Å². The molecule has 0 aliphatic carbocycles. The van der Waals surface area contributed by atoms with E-state index < -0.39 is 5.95 Å². The van der Waals surface area contributed by atoms with Crippen LogP contribution in [0.2, 0.25) is 0 Å². The number of nitrogens with zero attached hydrogens (tertiary/aromatic N) is 5. The van der Waals surface area contributed by atoms with Crippen molar-refractivity contribution in [2.24, 2.45) is 5.92 Å². The van der Waals surface area contributed by atoms with E-state index in [1.165, 1.54) is 12.3 Å². The summed E-state index contributed by atoms with van der Waals surface area (Å²) in [5, 5.41) is 8.40. The van der Waals surface area contributed by atoms with Crippen LogP contribution in [-0.4, -0.2) is 32.6 Å². The van der Waals surface area contributed by atoms with Crippen molar-refractivity contribution in [1.29, 1.82) is 0 Å². The molecule has 27 heavy (non-hydrogen) atoms. The first-order chi connectivity index (χ1) is 13.1. The number of carbonyl (C=O) groups is 1. The summed E-state index contributed by atoms with van der Waals surface area (Å²) in [4.78, 5) is 22.0. The Kier molecular flexibility index (Phi) is 4.45. The molecule has 1 aliphatic rings. The topological polar surface area (TPSA) is 97.9 Å². The van der Waals surface area contributed by atoms with Gasteiger partial charge in [0, 0.05) is 30.4 Å². The van der Waals surface area contributed by atoms with Gasteiger partial charge >= 0.3 is 0 Å². The molecule has 2 N–H and O–H groups in total. The maximum atomic E-state index is 12.9. The van der Waals surface area contributed by atoms with E-state index in [1.54, 1.807) is 41.6 Å². The van der Waals surface area contributed by atoms with E-state index in [1.807, 2.05) is 0 Å². The first kappa shape index (κ1) is 17.0. The molecule has 0 spiro atoms. The lowest BCUT2D eigenvalue weighted by Gasteiger charge is -2.15. The number of carbonyl (C=O) groups excluding carboxylic acids is 1. The lowest BCUT2D eigenvalue weighted by molar-refractivity contribution is -0.120. The van der Waals surface area contributed by atoms with Crippen LogP contribution in [-0.2, 0) is 11.2 Å². The van der Waals surface area contributed by atoms with Crippen molar-refractivity contribution < 1.29 is 9.18 Å². The van der Waals surface area contributed by atoms with Crippen molar-refractivity contribution in [3.05, 3.63) is 60.4 Å². The number of halogens is 1. The van der Waals surface area contributed by atoms with Crippen molar-refractivity contribution in [1.82, 2.24) is 20.2 Å². The van der Waals surface area contributed by atoms with Gasteiger partial charge in [-0.05, 0) is 42.7 Å². The summed E-state index contributed by atoms with van der Waals surface area (Å²) in [5.41, 5.74) is 8.64. The van der Waals surface area contributed by atoms with Crippen LogP contribution < -0.4 is 10.6 Å². The largest absolute Gasteiger partial charge is 0.397 e. The van der Waals surface area contributed by atoms with Gasteiger partial charge in [0.05, 0.1) is 17.6 Å². The Morgan fingerprint density at radius 2 is 2.04 bits per heavy atom. The van der Waals surface area contributed by atoms with Crippen molar-refractivity contribution >= 4 is 17.4 Å². The summed E-state index contributed by atoms with van der Waals surface area (Å²) >= 11 is 0. The summed E-state index contributed by atoms with van der Waals surface area (Å²) in [6, 6.07) is 8.29. The van der Waals surface area contributed by atoms with Crippen LogP contribution in [0.25, 0.3) is 11.3 Å². The summed E-state index contributed by atoms with van der Waals surface area (Å²) in [6.45, 7) is 0.573. The smallest absolute Gasteiger partial charge is 0.231 e. The second kappa shape index (κ2) is 7.06. The fourth-order valence-electron chi connectivity index (χ4n) is 3.22. The Balaban J connectivity index is 1.48. The summed E-state index contributed by atoms with van der Waals surface area (Å²) < 4.78 is 12.9. The van der Waals surface area contributed by atoms with Gasteiger partial charge in [-0.25, -0.2) is 4.98 Å². The van der Waals surface area contributed by atoms with Gasteiger partial charge in [-0.2, -0.15) is 4.39 Å². The fraction of sp³-hybridized carbons (Fsp3) is 0.211. The number of anilines is 2. The predicted molar refractivity (Wildman–Crippen MR) is 98.0 cm³/mol. The molecule has 136 valence electrons. The molecule has 1 amide bonds. The van der Waals surface area contributed by atoms with Crippen molar-refractivity contribution in [3.63, 3.8) is 0 Å². The average molecular weight is 364 g/mol. The molecule has 3 aromatic rings. The van der Waals surface area contributed by atoms with E-state index in [0.29, 0.717) is 36.6 Å². The van der Waals surface area contributed by atoms with Crippen LogP contribution in [0.5, 0.6) is 0 Å². The van der Waals surface area contributed by atoms with Gasteiger partial charge < -0.3 is 5.73 Å². The molecule has 3 aromatic heterocycles. The minimum absolute atomic E-state index is 0.00944. The Labute approximate surface area is 155 Å². The molecule has 4 heterocycles. The maximum Gasteiger partial charge on any atom is 0.231 e. The van der Waals surface area contributed by atoms with E-state index in [-0.39, 0.29) is 11.8 Å². The Morgan fingerprint density at radius 1 is 1.15 bits per heavy atom. The molecule has 1 atom stereocenters. The van der Waals surface area contributed by atoms with Gasteiger partial charge in [-0.3, -0.25) is 14.7 Å². The number of rotatable bonds is 4. The Hall–Kier alpha value is -3.42. The molecule has 4 rings (SSSR count). The zero-order chi connectivity index (χ0) is 18.8. The first-order valence-electron chi connectivity index (χ1n) is 8.57. The third-order valence-electron chi connectivity index (χ3n) is 4.64.